The molecular weight excluding hydrogens is 216 g/mol. The summed E-state index contributed by atoms with van der Waals surface area (Å²) >= 11 is 0. The molecule has 0 aromatic carbocycles. The Morgan fingerprint density at radius 1 is 1.47 bits per heavy atom. The van der Waals surface area contributed by atoms with Gasteiger partial charge in [-0.2, -0.15) is 0 Å². The van der Waals surface area contributed by atoms with E-state index in [0.29, 0.717) is 18.2 Å². The number of nitrogens with one attached hydrogen (secondary N) is 3. The Labute approximate surface area is 101 Å². The molecule has 1 aromatic heterocycles. The summed E-state index contributed by atoms with van der Waals surface area (Å²) in [4.78, 5) is 19.0. The van der Waals surface area contributed by atoms with Gasteiger partial charge in [-0.3, -0.25) is 4.79 Å². The smallest absolute Gasteiger partial charge is 0.269 e. The van der Waals surface area contributed by atoms with Gasteiger partial charge in [-0.1, -0.05) is 6.92 Å². The second kappa shape index (κ2) is 5.82. The fourth-order valence-corrected chi connectivity index (χ4v) is 1.68. The lowest BCUT2D eigenvalue weighted by Crippen LogP contribution is -2.32. The normalized spacial score (nSPS) is 14.9. The molecule has 0 unspecified atom stereocenters. The molecule has 0 radical (unpaired) electrons. The third-order valence-corrected chi connectivity index (χ3v) is 2.82. The van der Waals surface area contributed by atoms with Crippen LogP contribution in [0.2, 0.25) is 0 Å². The number of H-pyrrole nitrogens is 1. The van der Waals surface area contributed by atoms with Gasteiger partial charge in [-0.25, -0.2) is 4.98 Å². The van der Waals surface area contributed by atoms with Crippen LogP contribution >= 0.6 is 0 Å². The molecule has 17 heavy (non-hydrogen) atoms. The average Bonchev–Trinajstić information content (AvgIpc) is 3.07. The van der Waals surface area contributed by atoms with E-state index in [4.69, 9.17) is 0 Å². The summed E-state index contributed by atoms with van der Waals surface area (Å²) in [7, 11) is 0. The number of aromatic nitrogens is 2. The summed E-state index contributed by atoms with van der Waals surface area (Å²) in [5.41, 5.74) is 0.572. The first kappa shape index (κ1) is 12.1. The van der Waals surface area contributed by atoms with E-state index in [1.807, 2.05) is 0 Å². The first-order valence-electron chi connectivity index (χ1n) is 6.35. The molecule has 0 spiro atoms. The molecule has 0 atom stereocenters. The van der Waals surface area contributed by atoms with E-state index in [0.717, 1.165) is 25.3 Å². The highest BCUT2D eigenvalue weighted by Crippen LogP contribution is 2.37. The SMILES string of the molecule is CCCNCCNC(=O)c1cnc(C2CC2)[nH]1. The zero-order valence-electron chi connectivity index (χ0n) is 10.3. The summed E-state index contributed by atoms with van der Waals surface area (Å²) in [5, 5.41) is 6.09. The van der Waals surface area contributed by atoms with Crippen molar-refractivity contribution < 1.29 is 4.79 Å². The summed E-state index contributed by atoms with van der Waals surface area (Å²) in [6.07, 6.45) is 5.12. The Hall–Kier alpha value is -1.36. The van der Waals surface area contributed by atoms with Gasteiger partial charge in [-0.05, 0) is 25.8 Å². The maximum atomic E-state index is 11.7. The molecule has 1 aliphatic carbocycles. The van der Waals surface area contributed by atoms with E-state index in [-0.39, 0.29) is 5.91 Å². The standard InChI is InChI=1S/C12H20N4O/c1-2-5-13-6-7-14-12(17)10-8-15-11(16-10)9-3-4-9/h8-9,13H,2-7H2,1H3,(H,14,17)(H,15,16). The van der Waals surface area contributed by atoms with Gasteiger partial charge in [0.25, 0.3) is 5.91 Å². The minimum absolute atomic E-state index is 0.0669. The van der Waals surface area contributed by atoms with Crippen LogP contribution in [0.1, 0.15) is 48.4 Å². The molecule has 94 valence electrons. The summed E-state index contributed by atoms with van der Waals surface area (Å²) in [6.45, 7) is 4.57. The van der Waals surface area contributed by atoms with Crippen LogP contribution in [0.15, 0.2) is 6.20 Å². The number of nitrogens with zero attached hydrogens (tertiary/aromatic N) is 1. The lowest BCUT2D eigenvalue weighted by Gasteiger charge is -2.04. The molecular formula is C12H20N4O. The monoisotopic (exact) mass is 236 g/mol. The van der Waals surface area contributed by atoms with Gasteiger partial charge in [0.2, 0.25) is 0 Å². The molecule has 1 amide bonds. The molecule has 1 aliphatic rings. The number of aromatic amines is 1. The van der Waals surface area contributed by atoms with Crippen molar-refractivity contribution in [2.75, 3.05) is 19.6 Å². The zero-order valence-corrected chi connectivity index (χ0v) is 10.3. The van der Waals surface area contributed by atoms with Gasteiger partial charge >= 0.3 is 0 Å². The lowest BCUT2D eigenvalue weighted by atomic mass is 10.4. The number of imidazole rings is 1. The van der Waals surface area contributed by atoms with Gasteiger partial charge in [0.1, 0.15) is 11.5 Å². The minimum atomic E-state index is -0.0669. The minimum Gasteiger partial charge on any atom is -0.349 e. The van der Waals surface area contributed by atoms with E-state index in [9.17, 15) is 4.79 Å². The van der Waals surface area contributed by atoms with Gasteiger partial charge in [0, 0.05) is 19.0 Å². The van der Waals surface area contributed by atoms with Crippen LogP contribution < -0.4 is 10.6 Å². The molecule has 2 rings (SSSR count). The maximum Gasteiger partial charge on any atom is 0.269 e. The van der Waals surface area contributed by atoms with Gasteiger partial charge in [0.15, 0.2) is 0 Å². The molecule has 1 aromatic rings. The van der Waals surface area contributed by atoms with Crippen molar-refractivity contribution >= 4 is 5.91 Å². The fraction of sp³-hybridized carbons (Fsp3) is 0.667. The topological polar surface area (TPSA) is 69.8 Å². The quantitative estimate of drug-likeness (QED) is 0.619. The van der Waals surface area contributed by atoms with Crippen LogP contribution in [-0.2, 0) is 0 Å². The number of hydrogen-bond acceptors (Lipinski definition) is 3. The van der Waals surface area contributed by atoms with Gasteiger partial charge in [0.05, 0.1) is 6.20 Å². The van der Waals surface area contributed by atoms with Crippen LogP contribution in [0.4, 0.5) is 0 Å². The summed E-state index contributed by atoms with van der Waals surface area (Å²) < 4.78 is 0. The highest BCUT2D eigenvalue weighted by Gasteiger charge is 2.27. The predicted octanol–water partition coefficient (Wildman–Crippen LogP) is 1.02. The summed E-state index contributed by atoms with van der Waals surface area (Å²) in [5.74, 6) is 1.45. The van der Waals surface area contributed by atoms with Gasteiger partial charge < -0.3 is 15.6 Å². The number of carbonyl (C=O) groups excluding carboxylic acids is 1. The first-order chi connectivity index (χ1) is 8.31. The highest BCUT2D eigenvalue weighted by molar-refractivity contribution is 5.92. The van der Waals surface area contributed by atoms with Crippen molar-refractivity contribution in [3.8, 4) is 0 Å². The predicted molar refractivity (Wildman–Crippen MR) is 66.1 cm³/mol. The molecule has 5 heteroatoms. The second-order valence-corrected chi connectivity index (χ2v) is 4.46. The van der Waals surface area contributed by atoms with Crippen molar-refractivity contribution in [2.45, 2.75) is 32.1 Å². The van der Waals surface area contributed by atoms with Crippen molar-refractivity contribution in [3.05, 3.63) is 17.7 Å². The van der Waals surface area contributed by atoms with Crippen LogP contribution in [0, 0.1) is 0 Å². The number of amides is 1. The molecule has 3 N–H and O–H groups in total. The van der Waals surface area contributed by atoms with Crippen LogP contribution in [0.5, 0.6) is 0 Å². The van der Waals surface area contributed by atoms with Crippen LogP contribution in [0.25, 0.3) is 0 Å². The largest absolute Gasteiger partial charge is 0.349 e. The summed E-state index contributed by atoms with van der Waals surface area (Å²) in [6, 6.07) is 0. The molecule has 1 fully saturated rings. The van der Waals surface area contributed by atoms with Crippen molar-refractivity contribution in [2.24, 2.45) is 0 Å². The van der Waals surface area contributed by atoms with E-state index < -0.39 is 0 Å². The van der Waals surface area contributed by atoms with E-state index in [2.05, 4.69) is 27.5 Å². The number of carbonyl (C=O) groups is 1. The fourth-order valence-electron chi connectivity index (χ4n) is 1.68. The average molecular weight is 236 g/mol. The van der Waals surface area contributed by atoms with E-state index >= 15 is 0 Å². The highest BCUT2D eigenvalue weighted by atomic mass is 16.1. The Morgan fingerprint density at radius 3 is 3.00 bits per heavy atom. The zero-order chi connectivity index (χ0) is 12.1. The van der Waals surface area contributed by atoms with Crippen LogP contribution in [-0.4, -0.2) is 35.5 Å². The van der Waals surface area contributed by atoms with Crippen molar-refractivity contribution in [1.29, 1.82) is 0 Å². The molecule has 0 saturated heterocycles. The molecule has 1 saturated carbocycles. The molecule has 0 bridgehead atoms. The molecule has 5 nitrogen and oxygen atoms in total. The second-order valence-electron chi connectivity index (χ2n) is 4.46. The lowest BCUT2D eigenvalue weighted by molar-refractivity contribution is 0.0949. The van der Waals surface area contributed by atoms with E-state index in [1.165, 1.54) is 12.8 Å². The maximum absolute atomic E-state index is 11.7. The van der Waals surface area contributed by atoms with Crippen LogP contribution in [0.3, 0.4) is 0 Å². The number of rotatable bonds is 7. The Kier molecular flexibility index (Phi) is 4.14. The van der Waals surface area contributed by atoms with E-state index in [1.54, 1.807) is 6.20 Å². The van der Waals surface area contributed by atoms with Gasteiger partial charge in [-0.15, -0.1) is 0 Å². The Morgan fingerprint density at radius 2 is 2.29 bits per heavy atom. The third kappa shape index (κ3) is 3.56. The third-order valence-electron chi connectivity index (χ3n) is 2.82. The Bertz CT molecular complexity index is 370. The Balaban J connectivity index is 1.70. The first-order valence-corrected chi connectivity index (χ1v) is 6.35. The number of hydrogen-bond donors (Lipinski definition) is 3. The molecule has 0 aliphatic heterocycles. The molecule has 1 heterocycles. The van der Waals surface area contributed by atoms with Crippen molar-refractivity contribution in [1.82, 2.24) is 20.6 Å². The van der Waals surface area contributed by atoms with Crippen molar-refractivity contribution in [3.63, 3.8) is 0 Å².